The van der Waals surface area contributed by atoms with Crippen molar-refractivity contribution in [1.82, 2.24) is 14.5 Å². The maximum absolute atomic E-state index is 13.4. The Morgan fingerprint density at radius 3 is 2.89 bits per heavy atom. The second-order valence-electron chi connectivity index (χ2n) is 7.63. The van der Waals surface area contributed by atoms with Crippen molar-refractivity contribution in [3.8, 4) is 0 Å². The molecule has 0 aliphatic heterocycles. The van der Waals surface area contributed by atoms with Crippen LogP contribution in [0.3, 0.4) is 0 Å². The summed E-state index contributed by atoms with van der Waals surface area (Å²) in [6.07, 6.45) is 13.1. The van der Waals surface area contributed by atoms with E-state index in [1.54, 1.807) is 17.5 Å². The molecule has 28 heavy (non-hydrogen) atoms. The summed E-state index contributed by atoms with van der Waals surface area (Å²) in [6, 6.07) is 6.44. The molecule has 3 aromatic rings. The molecule has 0 saturated heterocycles. The summed E-state index contributed by atoms with van der Waals surface area (Å²) in [5.74, 6) is 0.417. The van der Waals surface area contributed by atoms with Crippen LogP contribution in [0.2, 0.25) is 0 Å². The first kappa shape index (κ1) is 19.1. The van der Waals surface area contributed by atoms with Gasteiger partial charge >= 0.3 is 0 Å². The number of hydrogen-bond acceptors (Lipinski definition) is 4. The van der Waals surface area contributed by atoms with Crippen LogP contribution in [0.15, 0.2) is 36.9 Å². The number of carbonyl (C=O) groups excluding carboxylic acids is 1. The molecule has 5 nitrogen and oxygen atoms in total. The lowest BCUT2D eigenvalue weighted by Crippen LogP contribution is -2.38. The summed E-state index contributed by atoms with van der Waals surface area (Å²) < 4.78 is 3.24. The topological polar surface area (TPSA) is 51.0 Å². The first-order valence-corrected chi connectivity index (χ1v) is 11.2. The number of imidazole rings is 1. The van der Waals surface area contributed by atoms with Crippen LogP contribution >= 0.6 is 11.3 Å². The van der Waals surface area contributed by atoms with Crippen LogP contribution in [0, 0.1) is 5.92 Å². The first-order chi connectivity index (χ1) is 13.7. The van der Waals surface area contributed by atoms with E-state index in [2.05, 4.69) is 34.7 Å². The van der Waals surface area contributed by atoms with Gasteiger partial charge < -0.3 is 4.57 Å². The number of fused-ring (bicyclic) bond motifs is 1. The number of aryl methyl sites for hydroxylation is 2. The number of carbonyl (C=O) groups is 1. The molecule has 0 unspecified atom stereocenters. The SMILES string of the molecule is CCc1ccc2nc(N(CCCn3ccnc3)C(=O)C3CCCCC3)sc2c1. The minimum Gasteiger partial charge on any atom is -0.337 e. The van der Waals surface area contributed by atoms with E-state index in [0.29, 0.717) is 6.54 Å². The van der Waals surface area contributed by atoms with Crippen LogP contribution in [0.5, 0.6) is 0 Å². The number of hydrogen-bond donors (Lipinski definition) is 0. The fraction of sp³-hybridized carbons (Fsp3) is 0.500. The summed E-state index contributed by atoms with van der Waals surface area (Å²) in [5.41, 5.74) is 2.31. The van der Waals surface area contributed by atoms with Gasteiger partial charge in [-0.05, 0) is 43.4 Å². The average Bonchev–Trinajstić information content (AvgIpc) is 3.40. The molecule has 1 fully saturated rings. The normalized spacial score (nSPS) is 15.2. The Kier molecular flexibility index (Phi) is 6.05. The van der Waals surface area contributed by atoms with Crippen LogP contribution in [0.25, 0.3) is 10.2 Å². The molecular formula is C22H28N4OS. The summed E-state index contributed by atoms with van der Waals surface area (Å²) in [6.45, 7) is 3.73. The van der Waals surface area contributed by atoms with E-state index in [4.69, 9.17) is 4.98 Å². The number of rotatable bonds is 7. The highest BCUT2D eigenvalue weighted by molar-refractivity contribution is 7.22. The standard InChI is InChI=1S/C22H28N4OS/c1-2-17-9-10-19-20(15-17)28-22(24-19)26(13-6-12-25-14-11-23-16-25)21(27)18-7-4-3-5-8-18/h9-11,14-16,18H,2-8,12-13H2,1H3. The van der Waals surface area contributed by atoms with Gasteiger partial charge in [-0.1, -0.05) is 43.6 Å². The van der Waals surface area contributed by atoms with Gasteiger partial charge in [0.1, 0.15) is 0 Å². The van der Waals surface area contributed by atoms with Crippen molar-refractivity contribution in [2.75, 3.05) is 11.4 Å². The lowest BCUT2D eigenvalue weighted by molar-refractivity contribution is -0.123. The molecule has 6 heteroatoms. The number of thiazole rings is 1. The van der Waals surface area contributed by atoms with Gasteiger partial charge in [-0.25, -0.2) is 9.97 Å². The second kappa shape index (κ2) is 8.86. The minimum atomic E-state index is 0.153. The van der Waals surface area contributed by atoms with Crippen molar-refractivity contribution in [3.63, 3.8) is 0 Å². The van der Waals surface area contributed by atoms with Gasteiger partial charge in [0.05, 0.1) is 16.5 Å². The van der Waals surface area contributed by atoms with Crippen LogP contribution in [0.4, 0.5) is 5.13 Å². The third-order valence-electron chi connectivity index (χ3n) is 5.66. The molecule has 1 saturated carbocycles. The van der Waals surface area contributed by atoms with E-state index in [9.17, 15) is 4.79 Å². The predicted molar refractivity (Wildman–Crippen MR) is 115 cm³/mol. The molecule has 1 aromatic carbocycles. The van der Waals surface area contributed by atoms with E-state index >= 15 is 0 Å². The number of amides is 1. The predicted octanol–water partition coefficient (Wildman–Crippen LogP) is 5.06. The van der Waals surface area contributed by atoms with Crippen LogP contribution in [-0.4, -0.2) is 27.0 Å². The third-order valence-corrected chi connectivity index (χ3v) is 6.70. The minimum absolute atomic E-state index is 0.153. The Hall–Kier alpha value is -2.21. The third kappa shape index (κ3) is 4.27. The molecule has 4 rings (SSSR count). The van der Waals surface area contributed by atoms with E-state index in [-0.39, 0.29) is 11.8 Å². The highest BCUT2D eigenvalue weighted by Crippen LogP contribution is 2.33. The van der Waals surface area contributed by atoms with Gasteiger partial charge in [0, 0.05) is 31.4 Å². The zero-order valence-electron chi connectivity index (χ0n) is 16.5. The summed E-state index contributed by atoms with van der Waals surface area (Å²) >= 11 is 1.65. The van der Waals surface area contributed by atoms with Crippen molar-refractivity contribution >= 4 is 32.6 Å². The molecule has 0 atom stereocenters. The van der Waals surface area contributed by atoms with Crippen molar-refractivity contribution in [2.45, 2.75) is 58.4 Å². The molecule has 0 spiro atoms. The molecule has 1 aliphatic rings. The molecule has 2 aromatic heterocycles. The second-order valence-corrected chi connectivity index (χ2v) is 8.64. The number of benzene rings is 1. The fourth-order valence-electron chi connectivity index (χ4n) is 3.99. The quantitative estimate of drug-likeness (QED) is 0.561. The van der Waals surface area contributed by atoms with Crippen molar-refractivity contribution in [2.24, 2.45) is 5.92 Å². The zero-order chi connectivity index (χ0) is 19.3. The maximum atomic E-state index is 13.4. The highest BCUT2D eigenvalue weighted by Gasteiger charge is 2.28. The average molecular weight is 397 g/mol. The summed E-state index contributed by atoms with van der Waals surface area (Å²) in [4.78, 5) is 24.3. The van der Waals surface area contributed by atoms with E-state index < -0.39 is 0 Å². The molecule has 1 amide bonds. The van der Waals surface area contributed by atoms with Gasteiger partial charge in [-0.3, -0.25) is 9.69 Å². The number of anilines is 1. The Morgan fingerprint density at radius 2 is 2.14 bits per heavy atom. The lowest BCUT2D eigenvalue weighted by atomic mass is 9.88. The molecule has 1 aliphatic carbocycles. The number of nitrogens with zero attached hydrogens (tertiary/aromatic N) is 4. The lowest BCUT2D eigenvalue weighted by Gasteiger charge is -2.27. The van der Waals surface area contributed by atoms with Crippen molar-refractivity contribution in [3.05, 3.63) is 42.5 Å². The molecule has 2 heterocycles. The molecule has 0 N–H and O–H groups in total. The monoisotopic (exact) mass is 396 g/mol. The molecule has 0 radical (unpaired) electrons. The van der Waals surface area contributed by atoms with Crippen molar-refractivity contribution < 1.29 is 4.79 Å². The Labute approximate surface area is 170 Å². The Balaban J connectivity index is 1.56. The molecular weight excluding hydrogens is 368 g/mol. The highest BCUT2D eigenvalue weighted by atomic mass is 32.1. The van der Waals surface area contributed by atoms with E-state index in [1.807, 2.05) is 17.4 Å². The van der Waals surface area contributed by atoms with Gasteiger partial charge in [-0.2, -0.15) is 0 Å². The Morgan fingerprint density at radius 1 is 1.29 bits per heavy atom. The number of aromatic nitrogens is 3. The van der Waals surface area contributed by atoms with E-state index in [0.717, 1.165) is 42.9 Å². The maximum Gasteiger partial charge on any atom is 0.231 e. The van der Waals surface area contributed by atoms with Crippen LogP contribution in [-0.2, 0) is 17.8 Å². The largest absolute Gasteiger partial charge is 0.337 e. The van der Waals surface area contributed by atoms with E-state index in [1.165, 1.54) is 29.5 Å². The smallest absolute Gasteiger partial charge is 0.231 e. The van der Waals surface area contributed by atoms with Crippen molar-refractivity contribution in [1.29, 1.82) is 0 Å². The molecule has 148 valence electrons. The summed E-state index contributed by atoms with van der Waals surface area (Å²) in [7, 11) is 0. The van der Waals surface area contributed by atoms with Crippen LogP contribution < -0.4 is 4.90 Å². The fourth-order valence-corrected chi connectivity index (χ4v) is 5.05. The summed E-state index contributed by atoms with van der Waals surface area (Å²) in [5, 5.41) is 0.851. The van der Waals surface area contributed by atoms with Gasteiger partial charge in [0.15, 0.2) is 5.13 Å². The zero-order valence-corrected chi connectivity index (χ0v) is 17.3. The molecule has 0 bridgehead atoms. The van der Waals surface area contributed by atoms with Crippen LogP contribution in [0.1, 0.15) is 51.0 Å². The first-order valence-electron chi connectivity index (χ1n) is 10.4. The van der Waals surface area contributed by atoms with Gasteiger partial charge in [0.2, 0.25) is 5.91 Å². The van der Waals surface area contributed by atoms with Gasteiger partial charge in [-0.15, -0.1) is 0 Å². The van der Waals surface area contributed by atoms with Gasteiger partial charge in [0.25, 0.3) is 0 Å². The Bertz CT molecular complexity index is 912.